The monoisotopic (exact) mass is 285 g/mol. The number of ether oxygens (including phenoxy) is 1. The van der Waals surface area contributed by atoms with Crippen molar-refractivity contribution in [2.45, 2.75) is 20.5 Å². The molecule has 0 spiro atoms. The van der Waals surface area contributed by atoms with Crippen LogP contribution in [0.4, 0.5) is 5.69 Å². The number of benzene rings is 2. The van der Waals surface area contributed by atoms with Gasteiger partial charge in [-0.25, -0.2) is 0 Å². The van der Waals surface area contributed by atoms with Crippen molar-refractivity contribution in [2.75, 3.05) is 11.9 Å². The third kappa shape index (κ3) is 3.83. The van der Waals surface area contributed by atoms with Gasteiger partial charge in [-0.3, -0.25) is 4.79 Å². The third-order valence-electron chi connectivity index (χ3n) is 3.10. The van der Waals surface area contributed by atoms with E-state index in [0.717, 1.165) is 5.56 Å². The van der Waals surface area contributed by atoms with Crippen molar-refractivity contribution in [2.24, 2.45) is 0 Å². The molecule has 2 aromatic rings. The van der Waals surface area contributed by atoms with E-state index in [1.54, 1.807) is 30.3 Å². The molecule has 0 radical (unpaired) electrons. The van der Waals surface area contributed by atoms with Crippen molar-refractivity contribution in [1.29, 1.82) is 0 Å². The fourth-order valence-corrected chi connectivity index (χ4v) is 1.99. The van der Waals surface area contributed by atoms with Crippen LogP contribution in [0, 0.1) is 6.92 Å². The smallest absolute Gasteiger partial charge is 0.255 e. The highest BCUT2D eigenvalue weighted by Crippen LogP contribution is 2.23. The van der Waals surface area contributed by atoms with Crippen LogP contribution in [0.25, 0.3) is 0 Å². The fraction of sp³-hybridized carbons (Fsp3) is 0.235. The minimum Gasteiger partial charge on any atom is -0.494 e. The van der Waals surface area contributed by atoms with E-state index in [1.165, 1.54) is 0 Å². The number of aliphatic hydroxyl groups excluding tert-OH is 1. The Bertz CT molecular complexity index is 620. The van der Waals surface area contributed by atoms with E-state index in [0.29, 0.717) is 29.2 Å². The van der Waals surface area contributed by atoms with Crippen LogP contribution in [0.2, 0.25) is 0 Å². The molecule has 4 nitrogen and oxygen atoms in total. The molecule has 0 aromatic heterocycles. The molecule has 2 rings (SSSR count). The summed E-state index contributed by atoms with van der Waals surface area (Å²) < 4.78 is 5.41. The Labute approximate surface area is 124 Å². The molecular formula is C17H19NO3. The molecule has 0 fully saturated rings. The topological polar surface area (TPSA) is 58.6 Å². The van der Waals surface area contributed by atoms with Crippen molar-refractivity contribution in [1.82, 2.24) is 0 Å². The number of rotatable bonds is 5. The first kappa shape index (κ1) is 15.1. The van der Waals surface area contributed by atoms with Crippen LogP contribution in [0.15, 0.2) is 42.5 Å². The lowest BCUT2D eigenvalue weighted by molar-refractivity contribution is 0.102. The van der Waals surface area contributed by atoms with Gasteiger partial charge in [0.25, 0.3) is 5.91 Å². The zero-order valence-electron chi connectivity index (χ0n) is 12.2. The number of hydrogen-bond acceptors (Lipinski definition) is 3. The molecule has 0 unspecified atom stereocenters. The van der Waals surface area contributed by atoms with E-state index in [2.05, 4.69) is 5.32 Å². The summed E-state index contributed by atoms with van der Waals surface area (Å²) >= 11 is 0. The quantitative estimate of drug-likeness (QED) is 0.887. The van der Waals surface area contributed by atoms with Crippen LogP contribution >= 0.6 is 0 Å². The van der Waals surface area contributed by atoms with Crippen LogP contribution in [0.3, 0.4) is 0 Å². The van der Waals surface area contributed by atoms with Gasteiger partial charge < -0.3 is 15.2 Å². The van der Waals surface area contributed by atoms with Gasteiger partial charge in [0.2, 0.25) is 0 Å². The molecule has 21 heavy (non-hydrogen) atoms. The molecule has 2 aromatic carbocycles. The van der Waals surface area contributed by atoms with E-state index >= 15 is 0 Å². The Morgan fingerprint density at radius 1 is 1.19 bits per heavy atom. The summed E-state index contributed by atoms with van der Waals surface area (Å²) in [7, 11) is 0. The Hall–Kier alpha value is -2.33. The molecule has 0 heterocycles. The van der Waals surface area contributed by atoms with Gasteiger partial charge in [-0.05, 0) is 44.2 Å². The van der Waals surface area contributed by atoms with Gasteiger partial charge in [-0.2, -0.15) is 0 Å². The fourth-order valence-electron chi connectivity index (χ4n) is 1.99. The van der Waals surface area contributed by atoms with Crippen LogP contribution < -0.4 is 10.1 Å². The van der Waals surface area contributed by atoms with Gasteiger partial charge in [0, 0.05) is 16.8 Å². The molecule has 0 atom stereocenters. The summed E-state index contributed by atoms with van der Waals surface area (Å²) in [6.45, 7) is 4.25. The Morgan fingerprint density at radius 3 is 2.52 bits per heavy atom. The Kier molecular flexibility index (Phi) is 4.95. The third-order valence-corrected chi connectivity index (χ3v) is 3.10. The normalized spacial score (nSPS) is 10.2. The van der Waals surface area contributed by atoms with Crippen LogP contribution in [0.5, 0.6) is 5.75 Å². The van der Waals surface area contributed by atoms with Crippen LogP contribution in [-0.2, 0) is 6.61 Å². The van der Waals surface area contributed by atoms with Gasteiger partial charge in [-0.15, -0.1) is 0 Å². The lowest BCUT2D eigenvalue weighted by Gasteiger charge is -2.11. The second-order valence-corrected chi connectivity index (χ2v) is 4.73. The maximum absolute atomic E-state index is 12.1. The highest BCUT2D eigenvalue weighted by atomic mass is 16.5. The predicted octanol–water partition coefficient (Wildman–Crippen LogP) is 3.14. The van der Waals surface area contributed by atoms with E-state index in [-0.39, 0.29) is 12.5 Å². The second kappa shape index (κ2) is 6.90. The van der Waals surface area contributed by atoms with E-state index < -0.39 is 0 Å². The molecule has 110 valence electrons. The number of nitrogens with one attached hydrogen (secondary N) is 1. The van der Waals surface area contributed by atoms with Gasteiger partial charge in [0.15, 0.2) is 0 Å². The average Bonchev–Trinajstić information content (AvgIpc) is 2.49. The summed E-state index contributed by atoms with van der Waals surface area (Å²) in [5, 5.41) is 12.2. The highest BCUT2D eigenvalue weighted by molar-refractivity contribution is 6.04. The van der Waals surface area contributed by atoms with Crippen molar-refractivity contribution in [3.8, 4) is 5.75 Å². The first-order valence-corrected chi connectivity index (χ1v) is 6.88. The molecule has 1 amide bonds. The van der Waals surface area contributed by atoms with Crippen LogP contribution in [-0.4, -0.2) is 17.6 Å². The Morgan fingerprint density at radius 2 is 1.90 bits per heavy atom. The van der Waals surface area contributed by atoms with Crippen molar-refractivity contribution < 1.29 is 14.6 Å². The predicted molar refractivity (Wildman–Crippen MR) is 82.7 cm³/mol. The molecule has 0 saturated carbocycles. The zero-order valence-corrected chi connectivity index (χ0v) is 12.2. The molecule has 0 saturated heterocycles. The van der Waals surface area contributed by atoms with Crippen molar-refractivity contribution >= 4 is 11.6 Å². The number of aryl methyl sites for hydroxylation is 1. The maximum Gasteiger partial charge on any atom is 0.255 e. The molecule has 0 aliphatic carbocycles. The molecular weight excluding hydrogens is 266 g/mol. The lowest BCUT2D eigenvalue weighted by Crippen LogP contribution is -2.12. The van der Waals surface area contributed by atoms with Gasteiger partial charge in [-0.1, -0.05) is 17.7 Å². The SMILES string of the molecule is CCOc1ccc(NC(=O)c2ccc(C)cc2)cc1CO. The average molecular weight is 285 g/mol. The maximum atomic E-state index is 12.1. The highest BCUT2D eigenvalue weighted by Gasteiger charge is 2.08. The Balaban J connectivity index is 2.15. The number of amides is 1. The van der Waals surface area contributed by atoms with Gasteiger partial charge in [0.05, 0.1) is 13.2 Å². The van der Waals surface area contributed by atoms with Gasteiger partial charge >= 0.3 is 0 Å². The summed E-state index contributed by atoms with van der Waals surface area (Å²) in [5.41, 5.74) is 2.99. The van der Waals surface area contributed by atoms with Crippen LogP contribution in [0.1, 0.15) is 28.4 Å². The summed E-state index contributed by atoms with van der Waals surface area (Å²) in [5.74, 6) is 0.455. The van der Waals surface area contributed by atoms with E-state index in [4.69, 9.17) is 4.74 Å². The number of anilines is 1. The van der Waals surface area contributed by atoms with Crippen molar-refractivity contribution in [3.05, 3.63) is 59.2 Å². The summed E-state index contributed by atoms with van der Waals surface area (Å²) in [6.07, 6.45) is 0. The molecule has 0 aliphatic rings. The second-order valence-electron chi connectivity index (χ2n) is 4.73. The van der Waals surface area contributed by atoms with Crippen molar-refractivity contribution in [3.63, 3.8) is 0 Å². The van der Waals surface area contributed by atoms with E-state index in [1.807, 2.05) is 26.0 Å². The minimum absolute atomic E-state index is 0.135. The lowest BCUT2D eigenvalue weighted by atomic mass is 10.1. The first-order valence-electron chi connectivity index (χ1n) is 6.88. The molecule has 0 aliphatic heterocycles. The number of carbonyl (C=O) groups is 1. The van der Waals surface area contributed by atoms with E-state index in [9.17, 15) is 9.90 Å². The molecule has 0 bridgehead atoms. The number of aliphatic hydroxyl groups is 1. The summed E-state index contributed by atoms with van der Waals surface area (Å²) in [4.78, 5) is 12.1. The van der Waals surface area contributed by atoms with Gasteiger partial charge in [0.1, 0.15) is 5.75 Å². The molecule has 4 heteroatoms. The summed E-state index contributed by atoms with van der Waals surface area (Å²) in [6, 6.07) is 12.6. The number of hydrogen-bond donors (Lipinski definition) is 2. The first-order chi connectivity index (χ1) is 10.1. The molecule has 2 N–H and O–H groups in total. The minimum atomic E-state index is -0.178. The zero-order chi connectivity index (χ0) is 15.2. The largest absolute Gasteiger partial charge is 0.494 e. The number of carbonyl (C=O) groups excluding carboxylic acids is 1. The standard InChI is InChI=1S/C17H19NO3/c1-3-21-16-9-8-15(10-14(16)11-19)18-17(20)13-6-4-12(2)5-7-13/h4-10,19H,3,11H2,1-2H3,(H,18,20).